The van der Waals surface area contributed by atoms with Crippen LogP contribution in [0.4, 0.5) is 24.7 Å². The minimum absolute atomic E-state index is 0.0219. The number of rotatable bonds is 5. The SMILES string of the molecule is Cc1nnc(NCc2cccc(C(F)F)c2F)c2cc(N3CC(O)C3)cnc12. The van der Waals surface area contributed by atoms with Crippen LogP contribution in [0.2, 0.25) is 0 Å². The second-order valence-electron chi connectivity index (χ2n) is 6.76. The molecule has 0 bridgehead atoms. The number of nitrogens with zero attached hydrogens (tertiary/aromatic N) is 4. The molecule has 0 aliphatic carbocycles. The fourth-order valence-electron chi connectivity index (χ4n) is 3.20. The van der Waals surface area contributed by atoms with Crippen LogP contribution in [0, 0.1) is 12.7 Å². The number of anilines is 2. The Morgan fingerprint density at radius 2 is 2.07 bits per heavy atom. The van der Waals surface area contributed by atoms with Crippen molar-refractivity contribution in [1.29, 1.82) is 0 Å². The lowest BCUT2D eigenvalue weighted by Gasteiger charge is -2.37. The van der Waals surface area contributed by atoms with Crippen molar-refractivity contribution >= 4 is 22.4 Å². The van der Waals surface area contributed by atoms with Crippen LogP contribution >= 0.6 is 0 Å². The van der Waals surface area contributed by atoms with E-state index in [-0.39, 0.29) is 18.2 Å². The third-order valence-electron chi connectivity index (χ3n) is 4.79. The van der Waals surface area contributed by atoms with Crippen LogP contribution in [0.25, 0.3) is 10.9 Å². The lowest BCUT2D eigenvalue weighted by atomic mass is 10.1. The van der Waals surface area contributed by atoms with Crippen molar-refractivity contribution in [3.8, 4) is 0 Å². The molecule has 1 fully saturated rings. The Balaban J connectivity index is 1.64. The number of aromatic nitrogens is 3. The summed E-state index contributed by atoms with van der Waals surface area (Å²) in [6.45, 7) is 2.81. The van der Waals surface area contributed by atoms with Gasteiger partial charge in [0.25, 0.3) is 6.43 Å². The van der Waals surface area contributed by atoms with Crippen molar-refractivity contribution in [3.63, 3.8) is 0 Å². The maximum Gasteiger partial charge on any atom is 0.266 e. The van der Waals surface area contributed by atoms with Crippen LogP contribution in [-0.4, -0.2) is 39.5 Å². The Morgan fingerprint density at radius 3 is 2.79 bits per heavy atom. The van der Waals surface area contributed by atoms with E-state index in [0.717, 1.165) is 11.8 Å². The number of aliphatic hydroxyl groups excluding tert-OH is 1. The Hall–Kier alpha value is -2.94. The molecule has 2 N–H and O–H groups in total. The van der Waals surface area contributed by atoms with E-state index in [1.165, 1.54) is 12.1 Å². The number of halogens is 3. The minimum atomic E-state index is -2.88. The number of aryl methyl sites for hydroxylation is 1. The van der Waals surface area contributed by atoms with Gasteiger partial charge in [-0.3, -0.25) is 4.98 Å². The molecule has 0 radical (unpaired) electrons. The first-order chi connectivity index (χ1) is 13.4. The average Bonchev–Trinajstić information content (AvgIpc) is 2.65. The number of alkyl halides is 2. The summed E-state index contributed by atoms with van der Waals surface area (Å²) >= 11 is 0. The standard InChI is InChI=1S/C19H18F3N5O/c1-10-17-15(5-12(7-23-17)27-8-13(28)9-27)19(26-25-10)24-6-11-3-2-4-14(16(11)20)18(21)22/h2-5,7,13,18,28H,6,8-9H2,1H3,(H,24,26). The number of benzene rings is 1. The van der Waals surface area contributed by atoms with Gasteiger partial charge in [0, 0.05) is 30.6 Å². The van der Waals surface area contributed by atoms with Gasteiger partial charge < -0.3 is 15.3 Å². The second-order valence-corrected chi connectivity index (χ2v) is 6.76. The highest BCUT2D eigenvalue weighted by atomic mass is 19.3. The molecule has 4 rings (SSSR count). The Kier molecular flexibility index (Phi) is 4.76. The van der Waals surface area contributed by atoms with Crippen LogP contribution < -0.4 is 10.2 Å². The van der Waals surface area contributed by atoms with Gasteiger partial charge in [0.2, 0.25) is 0 Å². The molecule has 3 aromatic rings. The van der Waals surface area contributed by atoms with E-state index >= 15 is 0 Å². The Morgan fingerprint density at radius 1 is 1.29 bits per heavy atom. The zero-order chi connectivity index (χ0) is 19.8. The van der Waals surface area contributed by atoms with Gasteiger partial charge in [-0.2, -0.15) is 5.10 Å². The third-order valence-corrected chi connectivity index (χ3v) is 4.79. The molecule has 1 aliphatic heterocycles. The highest BCUT2D eigenvalue weighted by Gasteiger charge is 2.25. The highest BCUT2D eigenvalue weighted by molar-refractivity contribution is 5.92. The van der Waals surface area contributed by atoms with Gasteiger partial charge in [0.1, 0.15) is 5.82 Å². The molecule has 146 valence electrons. The number of fused-ring (bicyclic) bond motifs is 1. The van der Waals surface area contributed by atoms with E-state index in [1.807, 2.05) is 11.0 Å². The van der Waals surface area contributed by atoms with Crippen molar-refractivity contribution in [2.75, 3.05) is 23.3 Å². The monoisotopic (exact) mass is 389 g/mol. The first-order valence-corrected chi connectivity index (χ1v) is 8.79. The van der Waals surface area contributed by atoms with Gasteiger partial charge in [0.15, 0.2) is 5.82 Å². The predicted molar refractivity (Wildman–Crippen MR) is 99.0 cm³/mol. The van der Waals surface area contributed by atoms with E-state index in [2.05, 4.69) is 20.5 Å². The van der Waals surface area contributed by atoms with Gasteiger partial charge in [-0.15, -0.1) is 5.10 Å². The smallest absolute Gasteiger partial charge is 0.266 e. The Labute approximate surface area is 159 Å². The van der Waals surface area contributed by atoms with Crippen molar-refractivity contribution in [2.45, 2.75) is 26.0 Å². The van der Waals surface area contributed by atoms with Crippen LogP contribution in [0.5, 0.6) is 0 Å². The van der Waals surface area contributed by atoms with Crippen molar-refractivity contribution in [1.82, 2.24) is 15.2 Å². The summed E-state index contributed by atoms with van der Waals surface area (Å²) in [5.41, 5.74) is 1.60. The average molecular weight is 389 g/mol. The fraction of sp³-hybridized carbons (Fsp3) is 0.316. The highest BCUT2D eigenvalue weighted by Crippen LogP contribution is 2.29. The summed E-state index contributed by atoms with van der Waals surface area (Å²) < 4.78 is 40.1. The van der Waals surface area contributed by atoms with Crippen molar-refractivity contribution < 1.29 is 18.3 Å². The molecule has 28 heavy (non-hydrogen) atoms. The van der Waals surface area contributed by atoms with Crippen LogP contribution in [-0.2, 0) is 6.54 Å². The Bertz CT molecular complexity index is 1020. The molecule has 0 saturated carbocycles. The molecule has 1 aliphatic rings. The van der Waals surface area contributed by atoms with E-state index in [4.69, 9.17) is 0 Å². The van der Waals surface area contributed by atoms with E-state index in [1.54, 1.807) is 13.1 Å². The molecule has 0 amide bonds. The number of hydrogen-bond acceptors (Lipinski definition) is 6. The molecule has 1 aromatic carbocycles. The second kappa shape index (κ2) is 7.23. The molecule has 0 unspecified atom stereocenters. The normalized spacial score (nSPS) is 14.6. The zero-order valence-corrected chi connectivity index (χ0v) is 15.0. The summed E-state index contributed by atoms with van der Waals surface area (Å²) in [6, 6.07) is 5.80. The third kappa shape index (κ3) is 3.33. The van der Waals surface area contributed by atoms with E-state index < -0.39 is 17.8 Å². The first kappa shape index (κ1) is 18.4. The van der Waals surface area contributed by atoms with Crippen LogP contribution in [0.3, 0.4) is 0 Å². The van der Waals surface area contributed by atoms with Gasteiger partial charge >= 0.3 is 0 Å². The van der Waals surface area contributed by atoms with E-state index in [9.17, 15) is 18.3 Å². The topological polar surface area (TPSA) is 74.2 Å². The van der Waals surface area contributed by atoms with Crippen molar-refractivity contribution in [3.05, 3.63) is 53.1 Å². The van der Waals surface area contributed by atoms with Gasteiger partial charge in [-0.1, -0.05) is 18.2 Å². The summed E-state index contributed by atoms with van der Waals surface area (Å²) in [7, 11) is 0. The molecule has 9 heteroatoms. The maximum absolute atomic E-state index is 14.3. The van der Waals surface area contributed by atoms with E-state index in [0.29, 0.717) is 35.5 Å². The first-order valence-electron chi connectivity index (χ1n) is 8.79. The van der Waals surface area contributed by atoms with Gasteiger partial charge in [-0.05, 0) is 13.0 Å². The zero-order valence-electron chi connectivity index (χ0n) is 15.0. The molecule has 1 saturated heterocycles. The number of aliphatic hydroxyl groups is 1. The van der Waals surface area contributed by atoms with Crippen LogP contribution in [0.15, 0.2) is 30.5 Å². The summed E-state index contributed by atoms with van der Waals surface area (Å²) in [6.07, 6.45) is -1.52. The summed E-state index contributed by atoms with van der Waals surface area (Å²) in [5, 5.41) is 21.4. The number of β-amino-alcohol motifs (C(OH)–C–C–N with tert-alkyl or cyclic N) is 1. The molecular weight excluding hydrogens is 371 g/mol. The summed E-state index contributed by atoms with van der Waals surface area (Å²) in [5.74, 6) is -0.541. The lowest BCUT2D eigenvalue weighted by Crippen LogP contribution is -2.50. The lowest BCUT2D eigenvalue weighted by molar-refractivity contribution is 0.142. The molecule has 3 heterocycles. The number of hydrogen-bond donors (Lipinski definition) is 2. The molecular formula is C19H18F3N5O. The van der Waals surface area contributed by atoms with Gasteiger partial charge in [-0.25, -0.2) is 13.2 Å². The van der Waals surface area contributed by atoms with Crippen LogP contribution in [0.1, 0.15) is 23.2 Å². The van der Waals surface area contributed by atoms with Crippen molar-refractivity contribution in [2.24, 2.45) is 0 Å². The number of pyridine rings is 1. The largest absolute Gasteiger partial charge is 0.389 e. The van der Waals surface area contributed by atoms with Gasteiger partial charge in [0.05, 0.1) is 34.8 Å². The fourth-order valence-corrected chi connectivity index (χ4v) is 3.20. The maximum atomic E-state index is 14.3. The number of nitrogens with one attached hydrogen (secondary N) is 1. The molecule has 2 aromatic heterocycles. The molecule has 0 atom stereocenters. The quantitative estimate of drug-likeness (QED) is 0.698. The predicted octanol–water partition coefficient (Wildman–Crippen LogP) is 3.20. The molecule has 6 nitrogen and oxygen atoms in total. The minimum Gasteiger partial charge on any atom is -0.389 e. The summed E-state index contributed by atoms with van der Waals surface area (Å²) in [4.78, 5) is 6.41. The molecule has 0 spiro atoms.